The Balaban J connectivity index is 4.75. The molecule has 0 aromatic carbocycles. The molecular formula is C10H19NO2. The predicted octanol–water partition coefficient (Wildman–Crippen LogP) is 2.14. The number of aliphatic carboxylic acids is 1. The summed E-state index contributed by atoms with van der Waals surface area (Å²) in [6.07, 6.45) is 0.755. The topological polar surface area (TPSA) is 49.3 Å². The van der Waals surface area contributed by atoms with Crippen LogP contribution in [-0.4, -0.2) is 16.6 Å². The van der Waals surface area contributed by atoms with Gasteiger partial charge in [-0.3, -0.25) is 0 Å². The van der Waals surface area contributed by atoms with Crippen molar-refractivity contribution >= 4 is 5.97 Å². The lowest BCUT2D eigenvalue weighted by Crippen LogP contribution is -2.38. The fraction of sp³-hybridized carbons (Fsp3) is 0.700. The number of hydrogen-bond acceptors (Lipinski definition) is 2. The molecule has 13 heavy (non-hydrogen) atoms. The average molecular weight is 185 g/mol. The van der Waals surface area contributed by atoms with Gasteiger partial charge < -0.3 is 10.4 Å². The molecule has 76 valence electrons. The van der Waals surface area contributed by atoms with Crippen LogP contribution in [0, 0.1) is 0 Å². The van der Waals surface area contributed by atoms with E-state index in [1.165, 1.54) is 0 Å². The van der Waals surface area contributed by atoms with E-state index in [2.05, 4.69) is 5.32 Å². The molecular weight excluding hydrogens is 166 g/mol. The lowest BCUT2D eigenvalue weighted by molar-refractivity contribution is -0.133. The monoisotopic (exact) mass is 185 g/mol. The van der Waals surface area contributed by atoms with E-state index in [1.807, 2.05) is 34.6 Å². The second-order valence-electron chi connectivity index (χ2n) is 4.19. The van der Waals surface area contributed by atoms with Gasteiger partial charge in [-0.1, -0.05) is 6.92 Å². The normalized spacial score (nSPS) is 13.6. The molecule has 0 aliphatic heterocycles. The van der Waals surface area contributed by atoms with E-state index < -0.39 is 5.97 Å². The van der Waals surface area contributed by atoms with Crippen LogP contribution in [0.25, 0.3) is 0 Å². The van der Waals surface area contributed by atoms with E-state index >= 15 is 0 Å². The molecule has 0 aromatic heterocycles. The molecule has 0 heterocycles. The molecule has 3 nitrogen and oxygen atoms in total. The summed E-state index contributed by atoms with van der Waals surface area (Å²) in [4.78, 5) is 10.9. The Hall–Kier alpha value is -0.990. The van der Waals surface area contributed by atoms with Gasteiger partial charge in [0.05, 0.1) is 0 Å². The molecule has 0 amide bonds. The van der Waals surface area contributed by atoms with E-state index in [0.29, 0.717) is 5.70 Å². The van der Waals surface area contributed by atoms with E-state index in [0.717, 1.165) is 12.0 Å². The van der Waals surface area contributed by atoms with Crippen LogP contribution >= 0.6 is 0 Å². The highest BCUT2D eigenvalue weighted by atomic mass is 16.4. The Bertz CT molecular complexity index is 224. The Morgan fingerprint density at radius 3 is 2.08 bits per heavy atom. The molecule has 0 aromatic rings. The maximum atomic E-state index is 10.9. The van der Waals surface area contributed by atoms with Gasteiger partial charge in [0.1, 0.15) is 5.70 Å². The summed E-state index contributed by atoms with van der Waals surface area (Å²) in [5, 5.41) is 11.9. The molecule has 0 aliphatic carbocycles. The quantitative estimate of drug-likeness (QED) is 0.662. The molecule has 3 heteroatoms. The molecule has 0 aliphatic rings. The number of rotatable bonds is 3. The van der Waals surface area contributed by atoms with Crippen LogP contribution in [0.4, 0.5) is 0 Å². The zero-order chi connectivity index (χ0) is 10.6. The molecule has 0 rings (SSSR count). The first-order chi connectivity index (χ1) is 5.78. The molecule has 0 unspecified atom stereocenters. The summed E-state index contributed by atoms with van der Waals surface area (Å²) < 4.78 is 0. The number of carboxylic acids is 1. The van der Waals surface area contributed by atoms with E-state index in [-0.39, 0.29) is 5.54 Å². The summed E-state index contributed by atoms with van der Waals surface area (Å²) in [5.41, 5.74) is 1.00. The van der Waals surface area contributed by atoms with Crippen molar-refractivity contribution in [3.05, 3.63) is 11.3 Å². The largest absolute Gasteiger partial charge is 0.477 e. The van der Waals surface area contributed by atoms with Gasteiger partial charge in [-0.25, -0.2) is 4.79 Å². The summed E-state index contributed by atoms with van der Waals surface area (Å²) in [7, 11) is 0. The minimum atomic E-state index is -0.880. The Morgan fingerprint density at radius 1 is 1.38 bits per heavy atom. The number of carboxylic acid groups (broad SMARTS) is 1. The van der Waals surface area contributed by atoms with Crippen molar-refractivity contribution in [3.8, 4) is 0 Å². The average Bonchev–Trinajstić information content (AvgIpc) is 1.96. The van der Waals surface area contributed by atoms with E-state index in [9.17, 15) is 4.79 Å². The Morgan fingerprint density at radius 2 is 1.85 bits per heavy atom. The van der Waals surface area contributed by atoms with Crippen molar-refractivity contribution in [1.29, 1.82) is 0 Å². The zero-order valence-corrected chi connectivity index (χ0v) is 9.06. The van der Waals surface area contributed by atoms with Gasteiger partial charge in [-0.15, -0.1) is 0 Å². The van der Waals surface area contributed by atoms with Gasteiger partial charge in [-0.2, -0.15) is 0 Å². The third-order valence-electron chi connectivity index (χ3n) is 1.67. The SMILES string of the molecule is CC/C(C)=C(/NC(C)(C)C)C(=O)O. The van der Waals surface area contributed by atoms with Crippen LogP contribution in [0.5, 0.6) is 0 Å². The van der Waals surface area contributed by atoms with Crippen molar-refractivity contribution in [2.75, 3.05) is 0 Å². The summed E-state index contributed by atoms with van der Waals surface area (Å²) in [5.74, 6) is -0.880. The predicted molar refractivity (Wildman–Crippen MR) is 53.5 cm³/mol. The third-order valence-corrected chi connectivity index (χ3v) is 1.67. The maximum absolute atomic E-state index is 10.9. The van der Waals surface area contributed by atoms with E-state index in [1.54, 1.807) is 0 Å². The van der Waals surface area contributed by atoms with Crippen LogP contribution in [0.2, 0.25) is 0 Å². The molecule has 0 radical (unpaired) electrons. The Kier molecular flexibility index (Phi) is 3.98. The van der Waals surface area contributed by atoms with Gasteiger partial charge in [0, 0.05) is 5.54 Å². The van der Waals surface area contributed by atoms with Crippen LogP contribution in [0.15, 0.2) is 11.3 Å². The molecule has 0 saturated carbocycles. The summed E-state index contributed by atoms with van der Waals surface area (Å²) in [6, 6.07) is 0. The molecule has 0 bridgehead atoms. The van der Waals surface area contributed by atoms with Crippen LogP contribution in [0.3, 0.4) is 0 Å². The van der Waals surface area contributed by atoms with Gasteiger partial charge in [0.2, 0.25) is 0 Å². The smallest absolute Gasteiger partial charge is 0.351 e. The highest BCUT2D eigenvalue weighted by Crippen LogP contribution is 2.10. The molecule has 0 saturated heterocycles. The maximum Gasteiger partial charge on any atom is 0.351 e. The lowest BCUT2D eigenvalue weighted by Gasteiger charge is -2.23. The van der Waals surface area contributed by atoms with Crippen LogP contribution in [-0.2, 0) is 4.79 Å². The second kappa shape index (κ2) is 4.30. The summed E-state index contributed by atoms with van der Waals surface area (Å²) in [6.45, 7) is 9.61. The number of carbonyl (C=O) groups is 1. The van der Waals surface area contributed by atoms with Gasteiger partial charge in [0.15, 0.2) is 0 Å². The molecule has 0 fully saturated rings. The van der Waals surface area contributed by atoms with Crippen molar-refractivity contribution in [1.82, 2.24) is 5.32 Å². The fourth-order valence-corrected chi connectivity index (χ4v) is 0.894. The summed E-state index contributed by atoms with van der Waals surface area (Å²) >= 11 is 0. The number of hydrogen-bond donors (Lipinski definition) is 2. The highest BCUT2D eigenvalue weighted by molar-refractivity contribution is 5.86. The minimum absolute atomic E-state index is 0.204. The van der Waals surface area contributed by atoms with Crippen molar-refractivity contribution in [2.24, 2.45) is 0 Å². The molecule has 0 atom stereocenters. The van der Waals surface area contributed by atoms with Gasteiger partial charge in [-0.05, 0) is 39.7 Å². The molecule has 0 spiro atoms. The first-order valence-electron chi connectivity index (χ1n) is 4.49. The molecule has 2 N–H and O–H groups in total. The van der Waals surface area contributed by atoms with Crippen molar-refractivity contribution in [3.63, 3.8) is 0 Å². The van der Waals surface area contributed by atoms with Crippen molar-refractivity contribution in [2.45, 2.75) is 46.6 Å². The second-order valence-corrected chi connectivity index (χ2v) is 4.19. The van der Waals surface area contributed by atoms with Gasteiger partial charge in [0.25, 0.3) is 0 Å². The standard InChI is InChI=1S/C10H19NO2/c1-6-7(2)8(9(12)13)11-10(3,4)5/h11H,6H2,1-5H3,(H,12,13)/b8-7+. The minimum Gasteiger partial charge on any atom is -0.477 e. The van der Waals surface area contributed by atoms with Crippen LogP contribution < -0.4 is 5.32 Å². The zero-order valence-electron chi connectivity index (χ0n) is 9.06. The Labute approximate surface area is 79.8 Å². The highest BCUT2D eigenvalue weighted by Gasteiger charge is 2.17. The van der Waals surface area contributed by atoms with Crippen molar-refractivity contribution < 1.29 is 9.90 Å². The van der Waals surface area contributed by atoms with Crippen LogP contribution in [0.1, 0.15) is 41.0 Å². The first kappa shape index (κ1) is 12.0. The lowest BCUT2D eigenvalue weighted by atomic mass is 10.1. The fourth-order valence-electron chi connectivity index (χ4n) is 0.894. The first-order valence-corrected chi connectivity index (χ1v) is 4.49. The number of nitrogens with one attached hydrogen (secondary N) is 1. The van der Waals surface area contributed by atoms with E-state index in [4.69, 9.17) is 5.11 Å². The number of allylic oxidation sites excluding steroid dienone is 1. The third kappa shape index (κ3) is 4.55. The van der Waals surface area contributed by atoms with Gasteiger partial charge >= 0.3 is 5.97 Å².